The summed E-state index contributed by atoms with van der Waals surface area (Å²) < 4.78 is 33.2. The molecule has 4 rings (SSSR count). The van der Waals surface area contributed by atoms with Crippen molar-refractivity contribution in [2.24, 2.45) is 0 Å². The lowest BCUT2D eigenvalue weighted by Gasteiger charge is -2.26. The van der Waals surface area contributed by atoms with E-state index in [1.54, 1.807) is 0 Å². The van der Waals surface area contributed by atoms with Crippen LogP contribution in [0.5, 0.6) is 5.75 Å². The second kappa shape index (κ2) is 7.14. The molecular weight excluding hydrogens is 388 g/mol. The van der Waals surface area contributed by atoms with Crippen molar-refractivity contribution in [2.75, 3.05) is 6.61 Å². The summed E-state index contributed by atoms with van der Waals surface area (Å²) in [5.41, 5.74) is 1.16. The fourth-order valence-electron chi connectivity index (χ4n) is 3.07. The molecule has 1 aliphatic heterocycles. The minimum atomic E-state index is -3.75. The average Bonchev–Trinajstić information content (AvgIpc) is 3.45. The molecule has 2 aromatic carbocycles. The van der Waals surface area contributed by atoms with Crippen molar-refractivity contribution in [3.8, 4) is 5.75 Å². The molecule has 8 heteroatoms. The zero-order chi connectivity index (χ0) is 19.0. The molecule has 142 valence electrons. The van der Waals surface area contributed by atoms with Crippen molar-refractivity contribution in [2.45, 2.75) is 36.2 Å². The summed E-state index contributed by atoms with van der Waals surface area (Å²) in [5.74, 6) is 0.401. The van der Waals surface area contributed by atoms with E-state index in [9.17, 15) is 13.2 Å². The zero-order valence-electron chi connectivity index (χ0n) is 14.4. The van der Waals surface area contributed by atoms with Crippen LogP contribution in [0.2, 0.25) is 5.02 Å². The number of nitrogens with one attached hydrogen (secondary N) is 2. The van der Waals surface area contributed by atoms with Gasteiger partial charge in [-0.2, -0.15) is 0 Å². The van der Waals surface area contributed by atoms with Gasteiger partial charge in [-0.15, -0.1) is 0 Å². The highest BCUT2D eigenvalue weighted by Crippen LogP contribution is 2.32. The van der Waals surface area contributed by atoms with Crippen LogP contribution in [-0.2, 0) is 10.0 Å². The van der Waals surface area contributed by atoms with E-state index in [0.29, 0.717) is 13.0 Å². The Kier molecular flexibility index (Phi) is 4.84. The minimum Gasteiger partial charge on any atom is -0.493 e. The predicted octanol–water partition coefficient (Wildman–Crippen LogP) is 3.03. The van der Waals surface area contributed by atoms with Crippen molar-refractivity contribution >= 4 is 27.5 Å². The largest absolute Gasteiger partial charge is 0.493 e. The molecule has 1 saturated carbocycles. The van der Waals surface area contributed by atoms with Gasteiger partial charge >= 0.3 is 0 Å². The number of hydrogen-bond donors (Lipinski definition) is 2. The predicted molar refractivity (Wildman–Crippen MR) is 102 cm³/mol. The third-order valence-corrected chi connectivity index (χ3v) is 6.65. The van der Waals surface area contributed by atoms with E-state index in [-0.39, 0.29) is 33.5 Å². The molecule has 0 spiro atoms. The van der Waals surface area contributed by atoms with E-state index < -0.39 is 10.0 Å². The number of rotatable bonds is 5. The van der Waals surface area contributed by atoms with Gasteiger partial charge in [-0.25, -0.2) is 13.1 Å². The second-order valence-corrected chi connectivity index (χ2v) is 8.83. The molecule has 1 fully saturated rings. The van der Waals surface area contributed by atoms with E-state index in [2.05, 4.69) is 10.0 Å². The van der Waals surface area contributed by atoms with Crippen LogP contribution in [-0.4, -0.2) is 27.0 Å². The first-order valence-corrected chi connectivity index (χ1v) is 10.6. The number of fused-ring (bicyclic) bond motifs is 1. The SMILES string of the molecule is O=C(NC1CCOc2ccccc21)c1ccc(Cl)c(S(=O)(=O)NC2CC2)c1. The van der Waals surface area contributed by atoms with E-state index in [0.717, 1.165) is 24.2 Å². The van der Waals surface area contributed by atoms with Gasteiger partial charge in [0, 0.05) is 23.6 Å². The molecule has 6 nitrogen and oxygen atoms in total. The quantitative estimate of drug-likeness (QED) is 0.799. The summed E-state index contributed by atoms with van der Waals surface area (Å²) >= 11 is 6.08. The highest BCUT2D eigenvalue weighted by Gasteiger charge is 2.30. The molecule has 2 aromatic rings. The van der Waals surface area contributed by atoms with Gasteiger partial charge in [0.25, 0.3) is 5.91 Å². The van der Waals surface area contributed by atoms with Crippen LogP contribution in [0.15, 0.2) is 47.4 Å². The van der Waals surface area contributed by atoms with Crippen molar-refractivity contribution < 1.29 is 17.9 Å². The number of hydrogen-bond acceptors (Lipinski definition) is 4. The Morgan fingerprint density at radius 2 is 1.89 bits per heavy atom. The third-order valence-electron chi connectivity index (χ3n) is 4.65. The summed E-state index contributed by atoms with van der Waals surface area (Å²) in [4.78, 5) is 12.7. The van der Waals surface area contributed by atoms with Gasteiger partial charge < -0.3 is 10.1 Å². The number of para-hydroxylation sites is 1. The number of sulfonamides is 1. The summed E-state index contributed by atoms with van der Waals surface area (Å²) in [5, 5.41) is 3.06. The maximum absolute atomic E-state index is 12.7. The molecule has 0 bridgehead atoms. The molecule has 0 radical (unpaired) electrons. The van der Waals surface area contributed by atoms with Crippen LogP contribution >= 0.6 is 11.6 Å². The van der Waals surface area contributed by atoms with Crippen molar-refractivity contribution in [3.05, 3.63) is 58.6 Å². The van der Waals surface area contributed by atoms with Gasteiger partial charge in [-0.1, -0.05) is 29.8 Å². The summed E-state index contributed by atoms with van der Waals surface area (Å²) in [6.07, 6.45) is 2.28. The van der Waals surface area contributed by atoms with Crippen LogP contribution in [0.1, 0.15) is 41.2 Å². The highest BCUT2D eigenvalue weighted by molar-refractivity contribution is 7.89. The minimum absolute atomic E-state index is 0.0395. The lowest BCUT2D eigenvalue weighted by atomic mass is 10.00. The van der Waals surface area contributed by atoms with Gasteiger partial charge in [-0.3, -0.25) is 4.79 Å². The lowest BCUT2D eigenvalue weighted by molar-refractivity contribution is 0.0924. The molecule has 1 atom stereocenters. The summed E-state index contributed by atoms with van der Waals surface area (Å²) in [7, 11) is -3.75. The molecule has 1 amide bonds. The molecule has 2 N–H and O–H groups in total. The fourth-order valence-corrected chi connectivity index (χ4v) is 4.90. The summed E-state index contributed by atoms with van der Waals surface area (Å²) in [6, 6.07) is 11.6. The average molecular weight is 407 g/mol. The van der Waals surface area contributed by atoms with Gasteiger partial charge in [0.1, 0.15) is 10.6 Å². The van der Waals surface area contributed by atoms with Crippen LogP contribution in [0, 0.1) is 0 Å². The van der Waals surface area contributed by atoms with Crippen LogP contribution in [0.3, 0.4) is 0 Å². The number of carbonyl (C=O) groups excluding carboxylic acids is 1. The van der Waals surface area contributed by atoms with E-state index >= 15 is 0 Å². The molecule has 27 heavy (non-hydrogen) atoms. The van der Waals surface area contributed by atoms with Gasteiger partial charge in [0.15, 0.2) is 0 Å². The Bertz CT molecular complexity index is 989. The van der Waals surface area contributed by atoms with Crippen LogP contribution in [0.25, 0.3) is 0 Å². The molecule has 0 aromatic heterocycles. The Balaban J connectivity index is 1.57. The van der Waals surface area contributed by atoms with Crippen molar-refractivity contribution in [1.82, 2.24) is 10.0 Å². The molecular formula is C19H19ClN2O4S. The van der Waals surface area contributed by atoms with E-state index in [1.165, 1.54) is 18.2 Å². The van der Waals surface area contributed by atoms with E-state index in [4.69, 9.17) is 16.3 Å². The van der Waals surface area contributed by atoms with Crippen LogP contribution in [0.4, 0.5) is 0 Å². The first-order chi connectivity index (χ1) is 12.9. The summed E-state index contributed by atoms with van der Waals surface area (Å²) in [6.45, 7) is 0.507. The Labute approximate surface area is 162 Å². The highest BCUT2D eigenvalue weighted by atomic mass is 35.5. The van der Waals surface area contributed by atoms with Crippen molar-refractivity contribution in [3.63, 3.8) is 0 Å². The third kappa shape index (κ3) is 3.95. The number of halogens is 1. The first kappa shape index (κ1) is 18.3. The van der Waals surface area contributed by atoms with Gasteiger partial charge in [-0.05, 0) is 37.1 Å². The molecule has 0 saturated heterocycles. The van der Waals surface area contributed by atoms with Gasteiger partial charge in [0.2, 0.25) is 10.0 Å². The number of carbonyl (C=O) groups is 1. The first-order valence-electron chi connectivity index (χ1n) is 8.78. The van der Waals surface area contributed by atoms with Crippen molar-refractivity contribution in [1.29, 1.82) is 0 Å². The van der Waals surface area contributed by atoms with Gasteiger partial charge in [0.05, 0.1) is 17.7 Å². The maximum Gasteiger partial charge on any atom is 0.251 e. The monoisotopic (exact) mass is 406 g/mol. The standard InChI is InChI=1S/C19H19ClN2O4S/c20-15-8-5-12(11-18(15)27(24,25)22-13-6-7-13)19(23)21-16-9-10-26-17-4-2-1-3-14(16)17/h1-5,8,11,13,16,22H,6-7,9-10H2,(H,21,23). The topological polar surface area (TPSA) is 84.5 Å². The molecule has 1 aliphatic carbocycles. The fraction of sp³-hybridized carbons (Fsp3) is 0.316. The van der Waals surface area contributed by atoms with Crippen LogP contribution < -0.4 is 14.8 Å². The lowest BCUT2D eigenvalue weighted by Crippen LogP contribution is -2.32. The Morgan fingerprint density at radius 1 is 1.11 bits per heavy atom. The number of benzene rings is 2. The normalized spacial score (nSPS) is 19.1. The molecule has 1 heterocycles. The number of ether oxygens (including phenoxy) is 1. The Hall–Kier alpha value is -2.09. The smallest absolute Gasteiger partial charge is 0.251 e. The van der Waals surface area contributed by atoms with E-state index in [1.807, 2.05) is 24.3 Å². The molecule has 2 aliphatic rings. The maximum atomic E-state index is 12.7. The Morgan fingerprint density at radius 3 is 2.67 bits per heavy atom. The molecule has 1 unspecified atom stereocenters. The zero-order valence-corrected chi connectivity index (χ0v) is 16.0. The number of amides is 1. The second-order valence-electron chi connectivity index (χ2n) is 6.74.